The van der Waals surface area contributed by atoms with Gasteiger partial charge >= 0.3 is 5.97 Å². The van der Waals surface area contributed by atoms with E-state index < -0.39 is 0 Å². The van der Waals surface area contributed by atoms with Gasteiger partial charge in [0.2, 0.25) is 0 Å². The fourth-order valence-electron chi connectivity index (χ4n) is 0.600. The summed E-state index contributed by atoms with van der Waals surface area (Å²) in [4.78, 5) is 10.5. The zero-order chi connectivity index (χ0) is 5.98. The van der Waals surface area contributed by atoms with Crippen molar-refractivity contribution < 1.29 is 9.53 Å². The highest BCUT2D eigenvalue weighted by molar-refractivity contribution is 5.74. The van der Waals surface area contributed by atoms with Crippen LogP contribution >= 0.6 is 0 Å². The molecular formula is C6H8O2. The molecule has 1 heterocycles. The summed E-state index contributed by atoms with van der Waals surface area (Å²) in [6, 6.07) is 0. The van der Waals surface area contributed by atoms with E-state index in [1.54, 1.807) is 0 Å². The first-order chi connectivity index (χ1) is 3.80. The number of carbonyl (C=O) groups excluding carboxylic acids is 1. The van der Waals surface area contributed by atoms with Gasteiger partial charge in [0.25, 0.3) is 0 Å². The lowest BCUT2D eigenvalue weighted by atomic mass is 10.1. The minimum absolute atomic E-state index is 0.0382. The highest BCUT2D eigenvalue weighted by atomic mass is 16.5. The van der Waals surface area contributed by atoms with Crippen LogP contribution in [0.15, 0.2) is 12.2 Å². The summed E-state index contributed by atoms with van der Waals surface area (Å²) in [6.07, 6.45) is 3.71. The van der Waals surface area contributed by atoms with E-state index in [2.05, 4.69) is 4.74 Å². The van der Waals surface area contributed by atoms with E-state index in [1.165, 1.54) is 0 Å². The van der Waals surface area contributed by atoms with Crippen LogP contribution in [0.25, 0.3) is 0 Å². The second-order valence-corrected chi connectivity index (χ2v) is 1.85. The maximum atomic E-state index is 10.5. The minimum atomic E-state index is -0.118. The van der Waals surface area contributed by atoms with Gasteiger partial charge in [-0.1, -0.05) is 12.2 Å². The average Bonchev–Trinajstić information content (AvgIpc) is 1.77. The monoisotopic (exact) mass is 112 g/mol. The van der Waals surface area contributed by atoms with Crippen LogP contribution in [-0.4, -0.2) is 12.6 Å². The maximum absolute atomic E-state index is 10.5. The topological polar surface area (TPSA) is 26.3 Å². The van der Waals surface area contributed by atoms with Gasteiger partial charge in [-0.15, -0.1) is 0 Å². The Labute approximate surface area is 48.1 Å². The largest absolute Gasteiger partial charge is 0.461 e. The molecule has 0 bridgehead atoms. The molecule has 0 aromatic heterocycles. The van der Waals surface area contributed by atoms with Crippen LogP contribution in [-0.2, 0) is 9.53 Å². The van der Waals surface area contributed by atoms with Crippen LogP contribution in [0, 0.1) is 5.92 Å². The van der Waals surface area contributed by atoms with Crippen molar-refractivity contribution >= 4 is 5.97 Å². The number of esters is 1. The van der Waals surface area contributed by atoms with Gasteiger partial charge in [-0.25, -0.2) is 0 Å². The molecule has 0 spiro atoms. The Morgan fingerprint density at radius 3 is 3.00 bits per heavy atom. The summed E-state index contributed by atoms with van der Waals surface area (Å²) >= 11 is 0. The third kappa shape index (κ3) is 0.886. The quantitative estimate of drug-likeness (QED) is 0.341. The molecule has 0 saturated carbocycles. The SMILES string of the molecule is CC1C=CCOC1=O. The molecular weight excluding hydrogens is 104 g/mol. The molecule has 2 nitrogen and oxygen atoms in total. The zero-order valence-electron chi connectivity index (χ0n) is 4.76. The first-order valence-corrected chi connectivity index (χ1v) is 2.64. The highest BCUT2D eigenvalue weighted by Gasteiger charge is 2.12. The summed E-state index contributed by atoms with van der Waals surface area (Å²) in [5.41, 5.74) is 0. The van der Waals surface area contributed by atoms with Gasteiger partial charge in [0, 0.05) is 0 Å². The first kappa shape index (κ1) is 5.35. The van der Waals surface area contributed by atoms with Crippen molar-refractivity contribution in [3.05, 3.63) is 12.2 Å². The van der Waals surface area contributed by atoms with Crippen molar-refractivity contribution in [3.63, 3.8) is 0 Å². The Morgan fingerprint density at radius 1 is 1.88 bits per heavy atom. The molecule has 0 aliphatic carbocycles. The number of hydrogen-bond donors (Lipinski definition) is 0. The van der Waals surface area contributed by atoms with Crippen molar-refractivity contribution in [3.8, 4) is 0 Å². The van der Waals surface area contributed by atoms with Crippen LogP contribution in [0.2, 0.25) is 0 Å². The molecule has 0 aromatic carbocycles. The van der Waals surface area contributed by atoms with Gasteiger partial charge in [0.05, 0.1) is 5.92 Å². The van der Waals surface area contributed by atoms with Crippen LogP contribution in [0.1, 0.15) is 6.92 Å². The lowest BCUT2D eigenvalue weighted by Gasteiger charge is -2.09. The molecule has 1 rings (SSSR count). The molecule has 2 heteroatoms. The fraction of sp³-hybridized carbons (Fsp3) is 0.500. The van der Waals surface area contributed by atoms with E-state index in [-0.39, 0.29) is 11.9 Å². The molecule has 0 saturated heterocycles. The van der Waals surface area contributed by atoms with Gasteiger partial charge in [-0.3, -0.25) is 4.79 Å². The molecule has 1 unspecified atom stereocenters. The zero-order valence-corrected chi connectivity index (χ0v) is 4.76. The Hall–Kier alpha value is -0.790. The summed E-state index contributed by atoms with van der Waals surface area (Å²) in [5, 5.41) is 0. The van der Waals surface area contributed by atoms with E-state index in [4.69, 9.17) is 0 Å². The predicted molar refractivity (Wildman–Crippen MR) is 29.3 cm³/mol. The summed E-state index contributed by atoms with van der Waals surface area (Å²) in [7, 11) is 0. The van der Waals surface area contributed by atoms with Gasteiger partial charge in [0.1, 0.15) is 6.61 Å². The second-order valence-electron chi connectivity index (χ2n) is 1.85. The van der Waals surface area contributed by atoms with Crippen LogP contribution in [0.3, 0.4) is 0 Å². The molecule has 8 heavy (non-hydrogen) atoms. The molecule has 44 valence electrons. The number of ether oxygens (including phenoxy) is 1. The second kappa shape index (κ2) is 1.99. The fourth-order valence-corrected chi connectivity index (χ4v) is 0.600. The normalized spacial score (nSPS) is 27.6. The third-order valence-corrected chi connectivity index (χ3v) is 1.12. The molecule has 1 aliphatic heterocycles. The maximum Gasteiger partial charge on any atom is 0.312 e. The van der Waals surface area contributed by atoms with Crippen molar-refractivity contribution in [2.45, 2.75) is 6.92 Å². The summed E-state index contributed by atoms with van der Waals surface area (Å²) in [5.74, 6) is -0.156. The van der Waals surface area contributed by atoms with Crippen molar-refractivity contribution in [2.75, 3.05) is 6.61 Å². The molecule has 0 aromatic rings. The number of cyclic esters (lactones) is 1. The van der Waals surface area contributed by atoms with Gasteiger partial charge in [0.15, 0.2) is 0 Å². The van der Waals surface area contributed by atoms with Gasteiger partial charge in [-0.05, 0) is 6.92 Å². The molecule has 0 fully saturated rings. The third-order valence-electron chi connectivity index (χ3n) is 1.12. The smallest absolute Gasteiger partial charge is 0.312 e. The Balaban J connectivity index is 2.60. The van der Waals surface area contributed by atoms with E-state index in [1.807, 2.05) is 19.1 Å². The van der Waals surface area contributed by atoms with Crippen LogP contribution in [0.5, 0.6) is 0 Å². The molecule has 0 N–H and O–H groups in total. The average molecular weight is 112 g/mol. The van der Waals surface area contributed by atoms with Crippen molar-refractivity contribution in [2.24, 2.45) is 5.92 Å². The molecule has 0 amide bonds. The van der Waals surface area contributed by atoms with Gasteiger partial charge in [-0.2, -0.15) is 0 Å². The van der Waals surface area contributed by atoms with E-state index in [0.717, 1.165) is 0 Å². The number of hydrogen-bond acceptors (Lipinski definition) is 2. The number of rotatable bonds is 0. The van der Waals surface area contributed by atoms with Crippen molar-refractivity contribution in [1.29, 1.82) is 0 Å². The Bertz CT molecular complexity index is 126. The molecule has 1 aliphatic rings. The van der Waals surface area contributed by atoms with Crippen LogP contribution < -0.4 is 0 Å². The standard InChI is InChI=1S/C6H8O2/c1-5-3-2-4-8-6(5)7/h2-3,5H,4H2,1H3. The van der Waals surface area contributed by atoms with Crippen molar-refractivity contribution in [1.82, 2.24) is 0 Å². The van der Waals surface area contributed by atoms with Crippen LogP contribution in [0.4, 0.5) is 0 Å². The van der Waals surface area contributed by atoms with E-state index >= 15 is 0 Å². The summed E-state index contributed by atoms with van der Waals surface area (Å²) in [6.45, 7) is 2.27. The first-order valence-electron chi connectivity index (χ1n) is 2.64. The van der Waals surface area contributed by atoms with E-state index in [9.17, 15) is 4.79 Å². The summed E-state index contributed by atoms with van der Waals surface area (Å²) < 4.78 is 4.66. The lowest BCUT2D eigenvalue weighted by molar-refractivity contribution is -0.145. The Morgan fingerprint density at radius 2 is 2.62 bits per heavy atom. The lowest BCUT2D eigenvalue weighted by Crippen LogP contribution is -2.16. The number of carbonyl (C=O) groups is 1. The highest BCUT2D eigenvalue weighted by Crippen LogP contribution is 2.04. The minimum Gasteiger partial charge on any atom is -0.461 e. The predicted octanol–water partition coefficient (Wildman–Crippen LogP) is 0.736. The molecule has 1 atom stereocenters. The van der Waals surface area contributed by atoms with Gasteiger partial charge < -0.3 is 4.74 Å². The Kier molecular flexibility index (Phi) is 1.33. The molecule has 0 radical (unpaired) electrons. The van der Waals surface area contributed by atoms with E-state index in [0.29, 0.717) is 6.61 Å².